The lowest BCUT2D eigenvalue weighted by Crippen LogP contribution is -1.91. The zero-order valence-electron chi connectivity index (χ0n) is 6.68. The van der Waals surface area contributed by atoms with E-state index in [1.165, 1.54) is 4.80 Å². The molecule has 0 atom stereocenters. The van der Waals surface area contributed by atoms with Crippen LogP contribution in [0, 0.1) is 0 Å². The van der Waals surface area contributed by atoms with Gasteiger partial charge in [-0.05, 0) is 12.1 Å². The molecule has 0 radical (unpaired) electrons. The first-order valence-electron chi connectivity index (χ1n) is 3.63. The van der Waals surface area contributed by atoms with Crippen molar-refractivity contribution in [1.82, 2.24) is 20.0 Å². The van der Waals surface area contributed by atoms with Gasteiger partial charge in [-0.1, -0.05) is 0 Å². The molecule has 0 spiro atoms. The molecule has 0 aromatic carbocycles. The van der Waals surface area contributed by atoms with E-state index in [4.69, 9.17) is 0 Å². The Morgan fingerprint density at radius 2 is 2.25 bits per heavy atom. The van der Waals surface area contributed by atoms with Gasteiger partial charge in [0.15, 0.2) is 0 Å². The van der Waals surface area contributed by atoms with Gasteiger partial charge in [-0.3, -0.25) is 4.98 Å². The number of aryl methyl sites for hydroxylation is 1. The van der Waals surface area contributed by atoms with Gasteiger partial charge in [-0.25, -0.2) is 0 Å². The highest BCUT2D eigenvalue weighted by atomic mass is 15.4. The van der Waals surface area contributed by atoms with Gasteiger partial charge in [-0.2, -0.15) is 15.0 Å². The van der Waals surface area contributed by atoms with Gasteiger partial charge < -0.3 is 0 Å². The van der Waals surface area contributed by atoms with E-state index in [2.05, 4.69) is 15.2 Å². The Hall–Kier alpha value is -1.71. The average Bonchev–Trinajstić information content (AvgIpc) is 2.54. The van der Waals surface area contributed by atoms with Crippen LogP contribution in [-0.2, 0) is 7.05 Å². The number of hydrogen-bond donors (Lipinski definition) is 0. The van der Waals surface area contributed by atoms with Crippen molar-refractivity contribution in [3.63, 3.8) is 0 Å². The van der Waals surface area contributed by atoms with Gasteiger partial charge in [-0.15, -0.1) is 0 Å². The molecule has 0 saturated heterocycles. The standard InChI is InChI=1S/C8H8N4/c1-12-10-6-8(11-12)7-3-2-4-9-5-7/h2-6H,1H3. The van der Waals surface area contributed by atoms with Crippen LogP contribution in [0.5, 0.6) is 0 Å². The zero-order chi connectivity index (χ0) is 8.39. The average molecular weight is 160 g/mol. The van der Waals surface area contributed by atoms with Crippen molar-refractivity contribution >= 4 is 0 Å². The minimum atomic E-state index is 0.852. The fourth-order valence-electron chi connectivity index (χ4n) is 0.992. The Kier molecular flexibility index (Phi) is 1.59. The maximum atomic E-state index is 4.15. The minimum absolute atomic E-state index is 0.852. The van der Waals surface area contributed by atoms with Crippen LogP contribution < -0.4 is 0 Å². The second-order valence-electron chi connectivity index (χ2n) is 2.46. The Morgan fingerprint density at radius 3 is 2.83 bits per heavy atom. The van der Waals surface area contributed by atoms with Crippen molar-refractivity contribution in [2.45, 2.75) is 0 Å². The van der Waals surface area contributed by atoms with Crippen LogP contribution >= 0.6 is 0 Å². The SMILES string of the molecule is Cn1ncc(-c2cccnc2)n1. The summed E-state index contributed by atoms with van der Waals surface area (Å²) in [6.45, 7) is 0. The maximum absolute atomic E-state index is 4.15. The zero-order valence-corrected chi connectivity index (χ0v) is 6.68. The first-order chi connectivity index (χ1) is 5.86. The van der Waals surface area contributed by atoms with Gasteiger partial charge in [0.2, 0.25) is 0 Å². The van der Waals surface area contributed by atoms with Crippen molar-refractivity contribution in [1.29, 1.82) is 0 Å². The molecule has 0 N–H and O–H groups in total. The van der Waals surface area contributed by atoms with Crippen molar-refractivity contribution < 1.29 is 0 Å². The summed E-state index contributed by atoms with van der Waals surface area (Å²) in [5.74, 6) is 0. The van der Waals surface area contributed by atoms with Crippen LogP contribution in [0.25, 0.3) is 11.3 Å². The molecule has 60 valence electrons. The summed E-state index contributed by atoms with van der Waals surface area (Å²) in [6, 6.07) is 3.83. The second kappa shape index (κ2) is 2.73. The molecule has 0 aliphatic heterocycles. The Bertz CT molecular complexity index is 366. The quantitative estimate of drug-likeness (QED) is 0.622. The molecule has 12 heavy (non-hydrogen) atoms. The molecule has 2 aromatic heterocycles. The van der Waals surface area contributed by atoms with Gasteiger partial charge in [0.1, 0.15) is 5.69 Å². The fraction of sp³-hybridized carbons (Fsp3) is 0.125. The number of nitrogens with zero attached hydrogens (tertiary/aromatic N) is 4. The maximum Gasteiger partial charge on any atom is 0.114 e. The van der Waals surface area contributed by atoms with Gasteiger partial charge in [0.25, 0.3) is 0 Å². The third-order valence-corrected chi connectivity index (χ3v) is 1.56. The highest BCUT2D eigenvalue weighted by Crippen LogP contribution is 2.12. The smallest absolute Gasteiger partial charge is 0.114 e. The van der Waals surface area contributed by atoms with Gasteiger partial charge in [0, 0.05) is 25.0 Å². The number of pyridine rings is 1. The summed E-state index contributed by atoms with van der Waals surface area (Å²) < 4.78 is 0. The number of aromatic nitrogens is 4. The first-order valence-corrected chi connectivity index (χ1v) is 3.63. The van der Waals surface area contributed by atoms with Crippen molar-refractivity contribution in [3.05, 3.63) is 30.7 Å². The van der Waals surface area contributed by atoms with E-state index in [0.29, 0.717) is 0 Å². The van der Waals surface area contributed by atoms with E-state index in [1.54, 1.807) is 25.6 Å². The molecule has 0 aliphatic carbocycles. The normalized spacial score (nSPS) is 10.1. The summed E-state index contributed by atoms with van der Waals surface area (Å²) in [6.07, 6.45) is 5.22. The molecule has 4 heteroatoms. The first kappa shape index (κ1) is 6.97. The topological polar surface area (TPSA) is 43.6 Å². The lowest BCUT2D eigenvalue weighted by atomic mass is 10.2. The van der Waals surface area contributed by atoms with Crippen LogP contribution in [0.1, 0.15) is 0 Å². The molecule has 0 fully saturated rings. The Balaban J connectivity index is 2.45. The summed E-state index contributed by atoms with van der Waals surface area (Å²) in [5, 5.41) is 8.12. The lowest BCUT2D eigenvalue weighted by Gasteiger charge is -1.91. The van der Waals surface area contributed by atoms with E-state index >= 15 is 0 Å². The van der Waals surface area contributed by atoms with E-state index in [0.717, 1.165) is 11.3 Å². The largest absolute Gasteiger partial charge is 0.264 e. The highest BCUT2D eigenvalue weighted by molar-refractivity contribution is 5.55. The van der Waals surface area contributed by atoms with E-state index in [1.807, 2.05) is 12.1 Å². The number of hydrogen-bond acceptors (Lipinski definition) is 3. The Morgan fingerprint density at radius 1 is 1.33 bits per heavy atom. The molecule has 0 unspecified atom stereocenters. The van der Waals surface area contributed by atoms with Crippen LogP contribution in [0.15, 0.2) is 30.7 Å². The number of rotatable bonds is 1. The summed E-state index contributed by atoms with van der Waals surface area (Å²) in [4.78, 5) is 5.52. The van der Waals surface area contributed by atoms with Crippen LogP contribution in [-0.4, -0.2) is 20.0 Å². The van der Waals surface area contributed by atoms with E-state index in [9.17, 15) is 0 Å². The predicted octanol–water partition coefficient (Wildman–Crippen LogP) is 0.877. The fourth-order valence-corrected chi connectivity index (χ4v) is 0.992. The highest BCUT2D eigenvalue weighted by Gasteiger charge is 1.99. The Labute approximate surface area is 69.9 Å². The van der Waals surface area contributed by atoms with E-state index in [-0.39, 0.29) is 0 Å². The van der Waals surface area contributed by atoms with Gasteiger partial charge >= 0.3 is 0 Å². The molecule has 2 rings (SSSR count). The van der Waals surface area contributed by atoms with Gasteiger partial charge in [0.05, 0.1) is 6.20 Å². The van der Waals surface area contributed by atoms with Crippen molar-refractivity contribution in [3.8, 4) is 11.3 Å². The molecule has 0 aliphatic rings. The lowest BCUT2D eigenvalue weighted by molar-refractivity contribution is 0.655. The summed E-state index contributed by atoms with van der Waals surface area (Å²) in [5.41, 5.74) is 1.84. The molecule has 0 bridgehead atoms. The summed E-state index contributed by atoms with van der Waals surface area (Å²) in [7, 11) is 1.79. The third-order valence-electron chi connectivity index (χ3n) is 1.56. The summed E-state index contributed by atoms with van der Waals surface area (Å²) >= 11 is 0. The molecular formula is C8H8N4. The van der Waals surface area contributed by atoms with Crippen molar-refractivity contribution in [2.24, 2.45) is 7.05 Å². The second-order valence-corrected chi connectivity index (χ2v) is 2.46. The monoisotopic (exact) mass is 160 g/mol. The molecule has 0 amide bonds. The predicted molar refractivity (Wildman–Crippen MR) is 44.2 cm³/mol. The molecule has 4 nitrogen and oxygen atoms in total. The van der Waals surface area contributed by atoms with Crippen molar-refractivity contribution in [2.75, 3.05) is 0 Å². The van der Waals surface area contributed by atoms with Crippen LogP contribution in [0.3, 0.4) is 0 Å². The third kappa shape index (κ3) is 1.18. The van der Waals surface area contributed by atoms with Crippen LogP contribution in [0.2, 0.25) is 0 Å². The van der Waals surface area contributed by atoms with E-state index < -0.39 is 0 Å². The molecule has 2 aromatic rings. The molecule has 2 heterocycles. The molecular weight excluding hydrogens is 152 g/mol. The minimum Gasteiger partial charge on any atom is -0.264 e. The molecule has 0 saturated carbocycles. The van der Waals surface area contributed by atoms with Crippen LogP contribution in [0.4, 0.5) is 0 Å².